The van der Waals surface area contributed by atoms with Crippen molar-refractivity contribution in [1.82, 2.24) is 4.98 Å². The van der Waals surface area contributed by atoms with E-state index in [9.17, 15) is 18.0 Å². The van der Waals surface area contributed by atoms with Crippen LogP contribution in [0.5, 0.6) is 11.5 Å². The van der Waals surface area contributed by atoms with E-state index in [0.29, 0.717) is 0 Å². The Morgan fingerprint density at radius 1 is 1.24 bits per heavy atom. The molecule has 0 atom stereocenters. The van der Waals surface area contributed by atoms with Crippen molar-refractivity contribution in [1.29, 1.82) is 0 Å². The van der Waals surface area contributed by atoms with Crippen molar-refractivity contribution in [2.24, 2.45) is 0 Å². The van der Waals surface area contributed by atoms with Gasteiger partial charge in [0.15, 0.2) is 15.6 Å². The van der Waals surface area contributed by atoms with E-state index in [1.807, 2.05) is 0 Å². The predicted molar refractivity (Wildman–Crippen MR) is 73.6 cm³/mol. The molecule has 2 rings (SSSR count). The summed E-state index contributed by atoms with van der Waals surface area (Å²) in [5.74, 6) is -1.46. The molecule has 1 aromatic heterocycles. The van der Waals surface area contributed by atoms with Gasteiger partial charge in [0, 0.05) is 24.7 Å². The molecule has 0 bridgehead atoms. The van der Waals surface area contributed by atoms with Gasteiger partial charge in [0.25, 0.3) is 0 Å². The molecule has 110 valence electrons. The summed E-state index contributed by atoms with van der Waals surface area (Å²) in [6.45, 7) is 0. The molecule has 2 N–H and O–H groups in total. The number of hydrogen-bond donors (Lipinski definition) is 2. The van der Waals surface area contributed by atoms with Gasteiger partial charge in [-0.15, -0.1) is 0 Å². The van der Waals surface area contributed by atoms with Crippen LogP contribution in [-0.2, 0) is 9.84 Å². The Morgan fingerprint density at radius 3 is 2.52 bits per heavy atom. The average Bonchev–Trinajstić information content (AvgIpc) is 2.40. The summed E-state index contributed by atoms with van der Waals surface area (Å²) in [5, 5.41) is 8.91. The minimum atomic E-state index is -3.72. The van der Waals surface area contributed by atoms with Crippen molar-refractivity contribution in [2.75, 3.05) is 6.26 Å². The minimum Gasteiger partial charge on any atom is -0.478 e. The molecular weight excluding hydrogens is 298 g/mol. The number of sulfone groups is 1. The Balaban J connectivity index is 2.56. The zero-order valence-electron chi connectivity index (χ0n) is 10.9. The fourth-order valence-electron chi connectivity index (χ4n) is 1.61. The van der Waals surface area contributed by atoms with Gasteiger partial charge in [-0.1, -0.05) is 0 Å². The summed E-state index contributed by atoms with van der Waals surface area (Å²) < 4.78 is 28.8. The Bertz CT molecular complexity index is 853. The Morgan fingerprint density at radius 2 is 1.95 bits per heavy atom. The summed E-state index contributed by atoms with van der Waals surface area (Å²) in [6, 6.07) is 4.61. The van der Waals surface area contributed by atoms with Crippen molar-refractivity contribution in [3.63, 3.8) is 0 Å². The van der Waals surface area contributed by atoms with Gasteiger partial charge in [0.2, 0.25) is 5.43 Å². The van der Waals surface area contributed by atoms with Crippen LogP contribution in [0.25, 0.3) is 0 Å². The molecule has 0 spiro atoms. The van der Waals surface area contributed by atoms with E-state index >= 15 is 0 Å². The largest absolute Gasteiger partial charge is 0.478 e. The molecule has 0 fully saturated rings. The van der Waals surface area contributed by atoms with Crippen LogP contribution in [0.1, 0.15) is 10.4 Å². The van der Waals surface area contributed by atoms with Crippen LogP contribution < -0.4 is 10.2 Å². The van der Waals surface area contributed by atoms with E-state index in [1.54, 1.807) is 0 Å². The van der Waals surface area contributed by atoms with Crippen LogP contribution in [0.3, 0.4) is 0 Å². The molecule has 2 aromatic rings. The Hall–Kier alpha value is -2.61. The summed E-state index contributed by atoms with van der Waals surface area (Å²) >= 11 is 0. The van der Waals surface area contributed by atoms with E-state index < -0.39 is 21.2 Å². The van der Waals surface area contributed by atoms with Gasteiger partial charge in [-0.25, -0.2) is 13.2 Å². The molecule has 0 saturated carbocycles. The van der Waals surface area contributed by atoms with Crippen molar-refractivity contribution >= 4 is 15.8 Å². The third-order valence-electron chi connectivity index (χ3n) is 2.60. The van der Waals surface area contributed by atoms with Crippen LogP contribution in [0.4, 0.5) is 0 Å². The van der Waals surface area contributed by atoms with Gasteiger partial charge in [0.05, 0.1) is 5.56 Å². The van der Waals surface area contributed by atoms with Crippen LogP contribution in [-0.4, -0.2) is 30.7 Å². The topological polar surface area (TPSA) is 114 Å². The second-order valence-corrected chi connectivity index (χ2v) is 6.20. The Labute approximate surface area is 119 Å². The first-order valence-corrected chi connectivity index (χ1v) is 7.60. The highest BCUT2D eigenvalue weighted by molar-refractivity contribution is 7.90. The minimum absolute atomic E-state index is 0.0922. The highest BCUT2D eigenvalue weighted by Crippen LogP contribution is 2.28. The standard InChI is InChI=1S/C13H11NO6S/c1-21(18,19)12-6-8(13(16)17)2-3-10(12)20-11-7-14-5-4-9(11)15/h2-7H,1H3,(H,14,15)(H,16,17). The lowest BCUT2D eigenvalue weighted by Crippen LogP contribution is -2.07. The molecular formula is C13H11NO6S. The summed E-state index contributed by atoms with van der Waals surface area (Å²) in [7, 11) is -3.72. The van der Waals surface area contributed by atoms with E-state index in [1.165, 1.54) is 30.6 Å². The second kappa shape index (κ2) is 5.41. The maximum atomic E-state index is 11.7. The van der Waals surface area contributed by atoms with E-state index in [-0.39, 0.29) is 22.0 Å². The van der Waals surface area contributed by atoms with Crippen LogP contribution >= 0.6 is 0 Å². The molecule has 0 amide bonds. The third-order valence-corrected chi connectivity index (χ3v) is 3.72. The second-order valence-electron chi connectivity index (χ2n) is 4.21. The van der Waals surface area contributed by atoms with Crippen molar-refractivity contribution in [3.8, 4) is 11.5 Å². The number of aromatic nitrogens is 1. The van der Waals surface area contributed by atoms with Gasteiger partial charge in [-0.3, -0.25) is 4.79 Å². The number of carboxylic acid groups (broad SMARTS) is 1. The van der Waals surface area contributed by atoms with E-state index in [0.717, 1.165) is 12.3 Å². The molecule has 0 unspecified atom stereocenters. The number of pyridine rings is 1. The Kier molecular flexibility index (Phi) is 3.81. The number of aromatic amines is 1. The highest BCUT2D eigenvalue weighted by Gasteiger charge is 2.18. The fourth-order valence-corrected chi connectivity index (χ4v) is 2.43. The SMILES string of the molecule is CS(=O)(=O)c1cc(C(=O)O)ccc1Oc1c[nH]ccc1=O. The quantitative estimate of drug-likeness (QED) is 0.879. The maximum Gasteiger partial charge on any atom is 0.335 e. The summed E-state index contributed by atoms with van der Waals surface area (Å²) in [6.07, 6.45) is 3.61. The molecule has 0 saturated heterocycles. The van der Waals surface area contributed by atoms with Gasteiger partial charge in [-0.05, 0) is 18.2 Å². The van der Waals surface area contributed by atoms with Gasteiger partial charge < -0.3 is 14.8 Å². The maximum absolute atomic E-state index is 11.7. The number of carbonyl (C=O) groups is 1. The molecule has 1 heterocycles. The smallest absolute Gasteiger partial charge is 0.335 e. The number of hydrogen-bond acceptors (Lipinski definition) is 5. The van der Waals surface area contributed by atoms with Crippen molar-refractivity contribution in [2.45, 2.75) is 4.90 Å². The highest BCUT2D eigenvalue weighted by atomic mass is 32.2. The number of H-pyrrole nitrogens is 1. The lowest BCUT2D eigenvalue weighted by Gasteiger charge is -2.10. The number of aromatic carboxylic acids is 1. The van der Waals surface area contributed by atoms with E-state index in [2.05, 4.69) is 4.98 Å². The lowest BCUT2D eigenvalue weighted by molar-refractivity contribution is 0.0696. The van der Waals surface area contributed by atoms with Crippen LogP contribution in [0, 0.1) is 0 Å². The lowest BCUT2D eigenvalue weighted by atomic mass is 10.2. The zero-order chi connectivity index (χ0) is 15.6. The zero-order valence-corrected chi connectivity index (χ0v) is 11.7. The average molecular weight is 309 g/mol. The summed E-state index contributed by atoms with van der Waals surface area (Å²) in [4.78, 5) is 24.8. The number of benzene rings is 1. The van der Waals surface area contributed by atoms with Gasteiger partial charge in [-0.2, -0.15) is 0 Å². The molecule has 1 aromatic carbocycles. The molecule has 8 heteroatoms. The molecule has 7 nitrogen and oxygen atoms in total. The number of carboxylic acids is 1. The number of nitrogens with one attached hydrogen (secondary N) is 1. The number of rotatable bonds is 4. The van der Waals surface area contributed by atoms with E-state index in [4.69, 9.17) is 9.84 Å². The molecule has 0 aliphatic heterocycles. The third kappa shape index (κ3) is 3.29. The van der Waals surface area contributed by atoms with Crippen molar-refractivity contribution in [3.05, 3.63) is 52.4 Å². The molecule has 0 aliphatic rings. The van der Waals surface area contributed by atoms with Crippen LogP contribution in [0.15, 0.2) is 46.3 Å². The van der Waals surface area contributed by atoms with Gasteiger partial charge in [0.1, 0.15) is 10.6 Å². The first kappa shape index (κ1) is 14.8. The monoisotopic (exact) mass is 309 g/mol. The van der Waals surface area contributed by atoms with Crippen molar-refractivity contribution < 1.29 is 23.1 Å². The van der Waals surface area contributed by atoms with Crippen LogP contribution in [0.2, 0.25) is 0 Å². The normalized spacial score (nSPS) is 11.1. The first-order valence-electron chi connectivity index (χ1n) is 5.71. The first-order chi connectivity index (χ1) is 9.79. The molecule has 21 heavy (non-hydrogen) atoms. The predicted octanol–water partition coefficient (Wildman–Crippen LogP) is 1.27. The molecule has 0 radical (unpaired) electrons. The summed E-state index contributed by atoms with van der Waals surface area (Å²) in [5.41, 5.74) is -0.625. The fraction of sp³-hybridized carbons (Fsp3) is 0.0769. The molecule has 0 aliphatic carbocycles. The van der Waals surface area contributed by atoms with Gasteiger partial charge >= 0.3 is 5.97 Å². The number of ether oxygens (including phenoxy) is 1.